The van der Waals surface area contributed by atoms with Gasteiger partial charge in [0, 0.05) is 16.1 Å². The van der Waals surface area contributed by atoms with Gasteiger partial charge in [0.15, 0.2) is 0 Å². The van der Waals surface area contributed by atoms with Gasteiger partial charge < -0.3 is 9.47 Å². The molecular formula is C15H11BrFNO2. The zero-order valence-corrected chi connectivity index (χ0v) is 12.3. The summed E-state index contributed by atoms with van der Waals surface area (Å²) in [4.78, 5) is 0. The van der Waals surface area contributed by atoms with Crippen LogP contribution >= 0.6 is 15.9 Å². The van der Waals surface area contributed by atoms with E-state index >= 15 is 0 Å². The number of benzene rings is 2. The molecule has 0 unspecified atom stereocenters. The topological polar surface area (TPSA) is 42.2 Å². The molecule has 0 heterocycles. The van der Waals surface area contributed by atoms with Crippen molar-refractivity contribution in [2.45, 2.75) is 6.61 Å². The summed E-state index contributed by atoms with van der Waals surface area (Å²) in [6.07, 6.45) is 0. The third kappa shape index (κ3) is 3.49. The first-order valence-corrected chi connectivity index (χ1v) is 6.57. The Balaban J connectivity index is 2.16. The van der Waals surface area contributed by atoms with Gasteiger partial charge in [-0.2, -0.15) is 5.26 Å². The number of rotatable bonds is 4. The number of methoxy groups -OCH3 is 1. The number of hydrogen-bond acceptors (Lipinski definition) is 3. The largest absolute Gasteiger partial charge is 0.497 e. The van der Waals surface area contributed by atoms with Crippen LogP contribution in [0.15, 0.2) is 40.9 Å². The van der Waals surface area contributed by atoms with Gasteiger partial charge in [0.25, 0.3) is 0 Å². The highest BCUT2D eigenvalue weighted by molar-refractivity contribution is 9.10. The Bertz CT molecular complexity index is 667. The van der Waals surface area contributed by atoms with Crippen molar-refractivity contribution in [3.8, 4) is 17.6 Å². The molecule has 0 bridgehead atoms. The van der Waals surface area contributed by atoms with E-state index in [4.69, 9.17) is 14.7 Å². The molecule has 102 valence electrons. The Labute approximate surface area is 124 Å². The monoisotopic (exact) mass is 335 g/mol. The van der Waals surface area contributed by atoms with Gasteiger partial charge in [-0.25, -0.2) is 4.39 Å². The number of nitrogens with zero attached hydrogens (tertiary/aromatic N) is 1. The molecule has 0 atom stereocenters. The fourth-order valence-corrected chi connectivity index (χ4v) is 1.97. The molecule has 0 radical (unpaired) electrons. The molecule has 20 heavy (non-hydrogen) atoms. The van der Waals surface area contributed by atoms with E-state index in [2.05, 4.69) is 15.9 Å². The fourth-order valence-electron chi connectivity index (χ4n) is 1.64. The lowest BCUT2D eigenvalue weighted by Crippen LogP contribution is -1.99. The smallest absolute Gasteiger partial charge is 0.130 e. The standard InChI is InChI=1S/C15H11BrFNO2/c1-19-13-4-10(8-18)5-14(7-13)20-9-11-2-3-12(16)6-15(11)17/h2-7H,9H2,1H3. The van der Waals surface area contributed by atoms with Crippen molar-refractivity contribution in [3.63, 3.8) is 0 Å². The Kier molecular flexibility index (Phi) is 4.59. The van der Waals surface area contributed by atoms with Crippen LogP contribution in [0.4, 0.5) is 4.39 Å². The van der Waals surface area contributed by atoms with Gasteiger partial charge in [0.05, 0.1) is 18.7 Å². The van der Waals surface area contributed by atoms with Crippen molar-refractivity contribution in [1.82, 2.24) is 0 Å². The molecule has 0 aliphatic carbocycles. The number of hydrogen-bond donors (Lipinski definition) is 0. The number of nitriles is 1. The molecule has 0 aliphatic heterocycles. The third-order valence-electron chi connectivity index (χ3n) is 2.65. The zero-order valence-electron chi connectivity index (χ0n) is 10.7. The van der Waals surface area contributed by atoms with Crippen molar-refractivity contribution < 1.29 is 13.9 Å². The Morgan fingerprint density at radius 1 is 1.20 bits per heavy atom. The summed E-state index contributed by atoms with van der Waals surface area (Å²) < 4.78 is 24.9. The minimum Gasteiger partial charge on any atom is -0.497 e. The molecule has 0 saturated carbocycles. The van der Waals surface area contributed by atoms with Gasteiger partial charge in [-0.3, -0.25) is 0 Å². The van der Waals surface area contributed by atoms with Crippen LogP contribution in [0.2, 0.25) is 0 Å². The van der Waals surface area contributed by atoms with Gasteiger partial charge in [0.1, 0.15) is 23.9 Å². The zero-order chi connectivity index (χ0) is 14.5. The van der Waals surface area contributed by atoms with Crippen molar-refractivity contribution in [2.75, 3.05) is 7.11 Å². The third-order valence-corrected chi connectivity index (χ3v) is 3.15. The summed E-state index contributed by atoms with van der Waals surface area (Å²) in [5, 5.41) is 8.92. The Hall–Kier alpha value is -2.06. The maximum Gasteiger partial charge on any atom is 0.130 e. The van der Waals surface area contributed by atoms with Gasteiger partial charge in [-0.1, -0.05) is 22.0 Å². The van der Waals surface area contributed by atoms with Gasteiger partial charge >= 0.3 is 0 Å². The van der Waals surface area contributed by atoms with Crippen LogP contribution in [0, 0.1) is 17.1 Å². The maximum atomic E-state index is 13.7. The van der Waals surface area contributed by atoms with E-state index in [1.807, 2.05) is 6.07 Å². The molecule has 0 spiro atoms. The first-order chi connectivity index (χ1) is 9.62. The van der Waals surface area contributed by atoms with Crippen molar-refractivity contribution in [1.29, 1.82) is 5.26 Å². The fraction of sp³-hybridized carbons (Fsp3) is 0.133. The lowest BCUT2D eigenvalue weighted by Gasteiger charge is -2.09. The van der Waals surface area contributed by atoms with E-state index in [9.17, 15) is 4.39 Å². The average Bonchev–Trinajstić information content (AvgIpc) is 2.46. The first-order valence-electron chi connectivity index (χ1n) is 5.78. The van der Waals surface area contributed by atoms with Crippen LogP contribution in [-0.2, 0) is 6.61 Å². The highest BCUT2D eigenvalue weighted by Gasteiger charge is 2.06. The van der Waals surface area contributed by atoms with Crippen molar-refractivity contribution in [3.05, 3.63) is 57.8 Å². The predicted molar refractivity (Wildman–Crippen MR) is 76.1 cm³/mol. The molecule has 3 nitrogen and oxygen atoms in total. The SMILES string of the molecule is COc1cc(C#N)cc(OCc2ccc(Br)cc2F)c1. The highest BCUT2D eigenvalue weighted by Crippen LogP contribution is 2.24. The molecule has 2 rings (SSSR count). The summed E-state index contributed by atoms with van der Waals surface area (Å²) in [5.74, 6) is 0.640. The summed E-state index contributed by atoms with van der Waals surface area (Å²) >= 11 is 3.20. The predicted octanol–water partition coefficient (Wildman–Crippen LogP) is 4.05. The second-order valence-corrected chi connectivity index (χ2v) is 4.95. The van der Waals surface area contributed by atoms with E-state index in [0.29, 0.717) is 27.1 Å². The van der Waals surface area contributed by atoms with E-state index < -0.39 is 0 Å². The van der Waals surface area contributed by atoms with Crippen molar-refractivity contribution >= 4 is 15.9 Å². The van der Waals surface area contributed by atoms with Crippen LogP contribution in [0.5, 0.6) is 11.5 Å². The molecule has 2 aromatic rings. The summed E-state index contributed by atoms with van der Waals surface area (Å²) in [7, 11) is 1.51. The van der Waals surface area contributed by atoms with Crippen LogP contribution in [-0.4, -0.2) is 7.11 Å². The van der Waals surface area contributed by atoms with E-state index in [0.717, 1.165) is 0 Å². The minimum atomic E-state index is -0.345. The Morgan fingerprint density at radius 3 is 2.60 bits per heavy atom. The number of ether oxygens (including phenoxy) is 2. The average molecular weight is 336 g/mol. The molecule has 0 aliphatic rings. The highest BCUT2D eigenvalue weighted by atomic mass is 79.9. The van der Waals surface area contributed by atoms with Gasteiger partial charge in [0.2, 0.25) is 0 Å². The van der Waals surface area contributed by atoms with E-state index in [-0.39, 0.29) is 12.4 Å². The van der Waals surface area contributed by atoms with Gasteiger partial charge in [-0.15, -0.1) is 0 Å². The lowest BCUT2D eigenvalue weighted by molar-refractivity contribution is 0.297. The molecule has 0 aromatic heterocycles. The quantitative estimate of drug-likeness (QED) is 0.846. The molecule has 0 N–H and O–H groups in total. The maximum absolute atomic E-state index is 13.7. The van der Waals surface area contributed by atoms with E-state index in [1.165, 1.54) is 13.2 Å². The normalized spacial score (nSPS) is 9.90. The summed E-state index contributed by atoms with van der Waals surface area (Å²) in [5.41, 5.74) is 0.866. The molecule has 0 fully saturated rings. The van der Waals surface area contributed by atoms with Gasteiger partial charge in [-0.05, 0) is 24.3 Å². The van der Waals surface area contributed by atoms with E-state index in [1.54, 1.807) is 30.3 Å². The molecule has 2 aromatic carbocycles. The molecular weight excluding hydrogens is 325 g/mol. The summed E-state index contributed by atoms with van der Waals surface area (Å²) in [6, 6.07) is 11.6. The molecule has 0 saturated heterocycles. The molecule has 0 amide bonds. The van der Waals surface area contributed by atoms with Crippen LogP contribution < -0.4 is 9.47 Å². The second kappa shape index (κ2) is 6.40. The molecule has 5 heteroatoms. The van der Waals surface area contributed by atoms with Crippen LogP contribution in [0.3, 0.4) is 0 Å². The summed E-state index contributed by atoms with van der Waals surface area (Å²) in [6.45, 7) is 0.0805. The second-order valence-electron chi connectivity index (χ2n) is 4.03. The minimum absolute atomic E-state index is 0.0805. The first kappa shape index (κ1) is 14.4. The Morgan fingerprint density at radius 2 is 1.95 bits per heavy atom. The van der Waals surface area contributed by atoms with Crippen LogP contribution in [0.1, 0.15) is 11.1 Å². The lowest BCUT2D eigenvalue weighted by atomic mass is 10.2. The van der Waals surface area contributed by atoms with Crippen LogP contribution in [0.25, 0.3) is 0 Å². The number of halogens is 2. The van der Waals surface area contributed by atoms with Crippen molar-refractivity contribution in [2.24, 2.45) is 0 Å².